The van der Waals surface area contributed by atoms with E-state index in [4.69, 9.17) is 0 Å². The first kappa shape index (κ1) is 12.8. The van der Waals surface area contributed by atoms with Crippen molar-refractivity contribution in [3.8, 4) is 11.1 Å². The highest BCUT2D eigenvalue weighted by Gasteiger charge is 2.22. The first-order valence-corrected chi connectivity index (χ1v) is 6.86. The average Bonchev–Trinajstić information content (AvgIpc) is 2.59. The highest BCUT2D eigenvalue weighted by atomic mass is 79.9. The molecule has 0 spiro atoms. The van der Waals surface area contributed by atoms with Gasteiger partial charge in [0.25, 0.3) is 5.69 Å². The Bertz CT molecular complexity index is 595. The molecule has 0 aliphatic carbocycles. The summed E-state index contributed by atoms with van der Waals surface area (Å²) in [4.78, 5) is 13.6. The van der Waals surface area contributed by atoms with E-state index in [2.05, 4.69) is 52.8 Å². The molecule has 0 saturated carbocycles. The smallest absolute Gasteiger partial charge is 0.291 e. The zero-order valence-electron chi connectivity index (χ0n) is 8.21. The maximum absolute atomic E-state index is 11.1. The molecule has 2 aromatic rings. The Morgan fingerprint density at radius 1 is 1.18 bits per heavy atom. The Morgan fingerprint density at radius 3 is 2.41 bits per heavy atom. The van der Waals surface area contributed by atoms with Crippen LogP contribution in [0.5, 0.6) is 0 Å². The van der Waals surface area contributed by atoms with Crippen molar-refractivity contribution in [1.29, 1.82) is 0 Å². The number of rotatable bonds is 2. The van der Waals surface area contributed by atoms with E-state index in [1.165, 1.54) is 0 Å². The zero-order valence-corrected chi connectivity index (χ0v) is 13.0. The van der Waals surface area contributed by atoms with Gasteiger partial charge in [-0.1, -0.05) is 6.07 Å². The van der Waals surface area contributed by atoms with Crippen LogP contribution in [0.25, 0.3) is 11.1 Å². The standard InChI is InChI=1S/C10H5Br3N2O2/c11-7-3-1-2-5(9(7)15(16)17)6-4-14-10(13)8(6)12/h1-4,14H. The summed E-state index contributed by atoms with van der Waals surface area (Å²) in [5.41, 5.74) is 1.35. The van der Waals surface area contributed by atoms with Crippen LogP contribution >= 0.6 is 47.8 Å². The van der Waals surface area contributed by atoms with Gasteiger partial charge in [-0.25, -0.2) is 0 Å². The number of hydrogen-bond donors (Lipinski definition) is 1. The van der Waals surface area contributed by atoms with E-state index in [1.54, 1.807) is 24.4 Å². The Labute approximate surface area is 122 Å². The van der Waals surface area contributed by atoms with Crippen LogP contribution in [0.15, 0.2) is 37.9 Å². The van der Waals surface area contributed by atoms with Gasteiger partial charge in [-0.15, -0.1) is 0 Å². The van der Waals surface area contributed by atoms with Gasteiger partial charge in [0.15, 0.2) is 0 Å². The fourth-order valence-corrected chi connectivity index (χ4v) is 2.78. The van der Waals surface area contributed by atoms with Crippen LogP contribution in [0.3, 0.4) is 0 Å². The largest absolute Gasteiger partial charge is 0.354 e. The van der Waals surface area contributed by atoms with Gasteiger partial charge < -0.3 is 4.98 Å². The normalized spacial score (nSPS) is 10.5. The lowest BCUT2D eigenvalue weighted by Crippen LogP contribution is -1.92. The average molecular weight is 425 g/mol. The van der Waals surface area contributed by atoms with Gasteiger partial charge in [-0.05, 0) is 59.9 Å². The maximum atomic E-state index is 11.1. The molecule has 0 saturated heterocycles. The molecule has 7 heteroatoms. The van der Waals surface area contributed by atoms with Gasteiger partial charge in [0, 0.05) is 11.8 Å². The molecule has 17 heavy (non-hydrogen) atoms. The molecule has 0 aliphatic rings. The van der Waals surface area contributed by atoms with Gasteiger partial charge in [-0.2, -0.15) is 0 Å². The number of benzene rings is 1. The monoisotopic (exact) mass is 422 g/mol. The minimum atomic E-state index is -0.396. The summed E-state index contributed by atoms with van der Waals surface area (Å²) in [6.45, 7) is 0. The highest BCUT2D eigenvalue weighted by Crippen LogP contribution is 2.41. The van der Waals surface area contributed by atoms with Crippen LogP contribution in [0.4, 0.5) is 5.69 Å². The van der Waals surface area contributed by atoms with Crippen molar-refractivity contribution in [2.75, 3.05) is 0 Å². The SMILES string of the molecule is O=[N+]([O-])c1c(Br)cccc1-c1c[nH]c(Br)c1Br. The van der Waals surface area contributed by atoms with E-state index in [0.717, 1.165) is 14.6 Å². The predicted octanol–water partition coefficient (Wildman–Crippen LogP) is 4.88. The molecule has 0 aliphatic heterocycles. The molecule has 1 heterocycles. The molecule has 0 radical (unpaired) electrons. The fraction of sp³-hybridized carbons (Fsp3) is 0. The van der Waals surface area contributed by atoms with Crippen molar-refractivity contribution >= 4 is 53.5 Å². The van der Waals surface area contributed by atoms with Gasteiger partial charge in [0.1, 0.15) is 0 Å². The lowest BCUT2D eigenvalue weighted by molar-refractivity contribution is -0.385. The summed E-state index contributed by atoms with van der Waals surface area (Å²) in [5, 5.41) is 11.1. The minimum Gasteiger partial charge on any atom is -0.354 e. The van der Waals surface area contributed by atoms with Crippen molar-refractivity contribution in [2.24, 2.45) is 0 Å². The number of hydrogen-bond acceptors (Lipinski definition) is 2. The van der Waals surface area contributed by atoms with E-state index >= 15 is 0 Å². The van der Waals surface area contributed by atoms with Crippen LogP contribution < -0.4 is 0 Å². The van der Waals surface area contributed by atoms with Crippen molar-refractivity contribution in [3.63, 3.8) is 0 Å². The summed E-state index contributed by atoms with van der Waals surface area (Å²) in [5.74, 6) is 0. The van der Waals surface area contributed by atoms with Crippen LogP contribution in [-0.2, 0) is 0 Å². The lowest BCUT2D eigenvalue weighted by Gasteiger charge is -2.03. The van der Waals surface area contributed by atoms with Gasteiger partial charge in [0.05, 0.1) is 24.0 Å². The minimum absolute atomic E-state index is 0.0553. The Morgan fingerprint density at radius 2 is 1.88 bits per heavy atom. The predicted molar refractivity (Wildman–Crippen MR) is 76.0 cm³/mol. The van der Waals surface area contributed by atoms with E-state index in [-0.39, 0.29) is 5.69 Å². The van der Waals surface area contributed by atoms with Crippen molar-refractivity contribution in [3.05, 3.63) is 48.1 Å². The number of nitro groups is 1. The number of nitrogens with one attached hydrogen (secondary N) is 1. The third-order valence-corrected chi connectivity index (χ3v) is 4.85. The first-order valence-electron chi connectivity index (χ1n) is 4.48. The molecule has 0 atom stereocenters. The summed E-state index contributed by atoms with van der Waals surface area (Å²) in [7, 11) is 0. The molecule has 1 aromatic carbocycles. The van der Waals surface area contributed by atoms with Gasteiger partial charge in [-0.3, -0.25) is 10.1 Å². The second-order valence-corrected chi connectivity index (χ2v) is 5.66. The summed E-state index contributed by atoms with van der Waals surface area (Å²) >= 11 is 9.89. The van der Waals surface area contributed by atoms with Crippen LogP contribution in [-0.4, -0.2) is 9.91 Å². The molecular formula is C10H5Br3N2O2. The summed E-state index contributed by atoms with van der Waals surface area (Å²) < 4.78 is 1.98. The number of aromatic amines is 1. The van der Waals surface area contributed by atoms with E-state index in [9.17, 15) is 10.1 Å². The second kappa shape index (κ2) is 4.91. The fourth-order valence-electron chi connectivity index (χ4n) is 1.49. The van der Waals surface area contributed by atoms with E-state index in [0.29, 0.717) is 10.0 Å². The summed E-state index contributed by atoms with van der Waals surface area (Å²) in [6.07, 6.45) is 1.71. The number of para-hydroxylation sites is 1. The second-order valence-electron chi connectivity index (χ2n) is 3.22. The third-order valence-electron chi connectivity index (χ3n) is 2.23. The van der Waals surface area contributed by atoms with Crippen molar-refractivity contribution < 1.29 is 4.92 Å². The molecule has 88 valence electrons. The van der Waals surface area contributed by atoms with Crippen LogP contribution in [0, 0.1) is 10.1 Å². The van der Waals surface area contributed by atoms with Crippen molar-refractivity contribution in [1.82, 2.24) is 4.98 Å². The number of halogens is 3. The number of aromatic nitrogens is 1. The summed E-state index contributed by atoms with van der Waals surface area (Å²) in [6, 6.07) is 5.13. The van der Waals surface area contributed by atoms with Gasteiger partial charge >= 0.3 is 0 Å². The topological polar surface area (TPSA) is 58.9 Å². The quantitative estimate of drug-likeness (QED) is 0.552. The van der Waals surface area contributed by atoms with E-state index in [1.807, 2.05) is 0 Å². The number of nitro benzene ring substituents is 1. The molecule has 0 bridgehead atoms. The molecular weight excluding hydrogens is 420 g/mol. The molecule has 0 amide bonds. The number of H-pyrrole nitrogens is 1. The Hall–Kier alpha value is -0.660. The molecule has 0 unspecified atom stereocenters. The molecule has 0 fully saturated rings. The number of nitrogens with zero attached hydrogens (tertiary/aromatic N) is 1. The molecule has 1 N–H and O–H groups in total. The maximum Gasteiger partial charge on any atom is 0.291 e. The molecule has 2 rings (SSSR count). The molecule has 1 aromatic heterocycles. The van der Waals surface area contributed by atoms with Crippen molar-refractivity contribution in [2.45, 2.75) is 0 Å². The van der Waals surface area contributed by atoms with Gasteiger partial charge in [0.2, 0.25) is 0 Å². The Balaban J connectivity index is 2.72. The Kier molecular flexibility index (Phi) is 3.70. The third kappa shape index (κ3) is 2.31. The molecule has 4 nitrogen and oxygen atoms in total. The first-order chi connectivity index (χ1) is 8.02. The van der Waals surface area contributed by atoms with Crippen LogP contribution in [0.1, 0.15) is 0 Å². The zero-order chi connectivity index (χ0) is 12.6. The lowest BCUT2D eigenvalue weighted by atomic mass is 10.1. The highest BCUT2D eigenvalue weighted by molar-refractivity contribution is 9.13. The van der Waals surface area contributed by atoms with E-state index < -0.39 is 4.92 Å². The van der Waals surface area contributed by atoms with Crippen LogP contribution in [0.2, 0.25) is 0 Å².